The van der Waals surface area contributed by atoms with Crippen LogP contribution in [0.15, 0.2) is 29.1 Å². The van der Waals surface area contributed by atoms with Crippen LogP contribution in [-0.4, -0.2) is 100 Å². The van der Waals surface area contributed by atoms with Crippen LogP contribution in [0.4, 0.5) is 14.4 Å². The number of carboxylic acid groups (broad SMARTS) is 6. The first kappa shape index (κ1) is 25.5. The van der Waals surface area contributed by atoms with Gasteiger partial charge in [-0.05, 0) is 12.1 Å². The summed E-state index contributed by atoms with van der Waals surface area (Å²) in [4.78, 5) is 25.7. The number of carbonyl (C=O) groups is 3. The molecular weight excluding hydrogens is 283 g/mol. The minimum atomic E-state index is -1.83. The Morgan fingerprint density at radius 1 is 0.667 bits per heavy atom. The monoisotopic (exact) mass is 294 g/mol. The molecule has 0 fully saturated rings. The third-order valence-electron chi connectivity index (χ3n) is 0.425. The first-order chi connectivity index (χ1) is 7.70. The topological polar surface area (TPSA) is 186 Å². The van der Waals surface area contributed by atoms with Gasteiger partial charge in [0.1, 0.15) is 0 Å². The molecule has 6 N–H and O–H groups in total. The fourth-order valence-corrected chi connectivity index (χ4v) is 0.227. The first-order valence-electron chi connectivity index (χ1n) is 3.43. The van der Waals surface area contributed by atoms with E-state index in [2.05, 4.69) is 4.42 Å². The van der Waals surface area contributed by atoms with E-state index in [1.165, 1.54) is 0 Å². The van der Waals surface area contributed by atoms with Crippen LogP contribution in [0.3, 0.4) is 0 Å². The second kappa shape index (κ2) is 21.1. The third-order valence-corrected chi connectivity index (χ3v) is 0.425. The van der Waals surface area contributed by atoms with Crippen LogP contribution in [-0.2, 0) is 0 Å². The van der Waals surface area contributed by atoms with Crippen molar-refractivity contribution in [3.8, 4) is 0 Å². The van der Waals surface area contributed by atoms with Crippen molar-refractivity contribution in [2.24, 2.45) is 0 Å². The summed E-state index contributed by atoms with van der Waals surface area (Å²) < 4.78 is 4.58. The summed E-state index contributed by atoms with van der Waals surface area (Å²) in [6.45, 7) is 0. The van der Waals surface area contributed by atoms with Gasteiger partial charge in [0.05, 0.1) is 12.5 Å². The van der Waals surface area contributed by atoms with Crippen LogP contribution in [0.5, 0.6) is 0 Å². The molecule has 0 spiro atoms. The molecule has 10 nitrogen and oxygen atoms in total. The van der Waals surface area contributed by atoms with E-state index in [4.69, 9.17) is 45.0 Å². The Bertz CT molecular complexity index is 237. The van der Waals surface area contributed by atoms with Crippen molar-refractivity contribution in [2.75, 3.05) is 0 Å². The van der Waals surface area contributed by atoms with Crippen molar-refractivity contribution in [3.05, 3.63) is 24.7 Å². The minimum Gasteiger partial charge on any atom is -0.473 e. The van der Waals surface area contributed by atoms with Crippen molar-refractivity contribution in [2.45, 2.75) is 0 Å². The molecule has 18 heavy (non-hydrogen) atoms. The van der Waals surface area contributed by atoms with Crippen LogP contribution in [0.25, 0.3) is 0 Å². The molecule has 0 unspecified atom stereocenters. The van der Waals surface area contributed by atoms with Crippen molar-refractivity contribution < 1.29 is 49.4 Å². The molecule has 1 aromatic rings. The number of rotatable bonds is 0. The van der Waals surface area contributed by atoms with Gasteiger partial charge in [0.25, 0.3) is 0 Å². The molecule has 0 aliphatic heterocycles. The fraction of sp³-hybridized carbons (Fsp3) is 0. The molecular formula is C7H11KO10. The molecule has 0 bridgehead atoms. The molecule has 1 aromatic heterocycles. The minimum absolute atomic E-state index is 0. The van der Waals surface area contributed by atoms with Gasteiger partial charge in [-0.15, -0.1) is 0 Å². The van der Waals surface area contributed by atoms with Gasteiger partial charge >= 0.3 is 69.9 Å². The molecule has 1 heterocycles. The van der Waals surface area contributed by atoms with Gasteiger partial charge < -0.3 is 35.1 Å². The van der Waals surface area contributed by atoms with Crippen molar-refractivity contribution in [1.82, 2.24) is 0 Å². The maximum absolute atomic E-state index is 8.56. The predicted octanol–water partition coefficient (Wildman–Crippen LogP) is 1.30. The fourth-order valence-electron chi connectivity index (χ4n) is 0.227. The van der Waals surface area contributed by atoms with E-state index in [9.17, 15) is 0 Å². The summed E-state index contributed by atoms with van der Waals surface area (Å²) in [5.41, 5.74) is 0. The van der Waals surface area contributed by atoms with E-state index in [1.807, 2.05) is 12.1 Å². The molecule has 0 saturated heterocycles. The van der Waals surface area contributed by atoms with Crippen LogP contribution < -0.4 is 0 Å². The van der Waals surface area contributed by atoms with E-state index >= 15 is 0 Å². The summed E-state index contributed by atoms with van der Waals surface area (Å²) in [5, 5.41) is 41.8. The van der Waals surface area contributed by atoms with Crippen molar-refractivity contribution in [3.63, 3.8) is 0 Å². The first-order valence-corrected chi connectivity index (χ1v) is 3.43. The Morgan fingerprint density at radius 2 is 0.833 bits per heavy atom. The standard InChI is InChI=1S/C4H4O.3CH2O3.K.H/c1-2-4-5-3-1;3*2-1(3)4;;/h1-4H;3*(H2,2,3,4);;. The number of furan rings is 1. The Balaban J connectivity index is -0.0000000719. The van der Waals surface area contributed by atoms with Gasteiger partial charge in [-0.25, -0.2) is 14.4 Å². The Hall–Kier alpha value is -1.27. The van der Waals surface area contributed by atoms with E-state index < -0.39 is 18.5 Å². The second-order valence-electron chi connectivity index (χ2n) is 1.64. The quantitative estimate of drug-likeness (QED) is 0.380. The van der Waals surface area contributed by atoms with Crippen molar-refractivity contribution >= 4 is 69.9 Å². The molecule has 11 heteroatoms. The van der Waals surface area contributed by atoms with Gasteiger partial charge in [-0.1, -0.05) is 0 Å². The average molecular weight is 294 g/mol. The SMILES string of the molecule is O=C(O)O.O=C(O)O.O=C(O)O.[KH].c1ccoc1. The Labute approximate surface area is 143 Å². The molecule has 0 aliphatic carbocycles. The number of hydrogen-bond acceptors (Lipinski definition) is 4. The van der Waals surface area contributed by atoms with Crippen molar-refractivity contribution in [1.29, 1.82) is 0 Å². The van der Waals surface area contributed by atoms with Crippen LogP contribution in [0.2, 0.25) is 0 Å². The largest absolute Gasteiger partial charge is 0.473 e. The molecule has 0 saturated carbocycles. The van der Waals surface area contributed by atoms with Gasteiger partial charge in [-0.3, -0.25) is 0 Å². The van der Waals surface area contributed by atoms with Gasteiger partial charge in [0, 0.05) is 0 Å². The normalized spacial score (nSPS) is 6.22. The van der Waals surface area contributed by atoms with Crippen LogP contribution in [0, 0.1) is 0 Å². The molecule has 0 radical (unpaired) electrons. The maximum Gasteiger partial charge on any atom is 0.0902 e. The smallest absolute Gasteiger partial charge is 0.0902 e. The molecule has 0 aromatic carbocycles. The molecule has 1 rings (SSSR count). The van der Waals surface area contributed by atoms with E-state index in [0.29, 0.717) is 0 Å². The molecule has 0 aliphatic rings. The van der Waals surface area contributed by atoms with Crippen LogP contribution >= 0.6 is 0 Å². The van der Waals surface area contributed by atoms with E-state index in [-0.39, 0.29) is 51.4 Å². The summed E-state index contributed by atoms with van der Waals surface area (Å²) >= 11 is 0. The molecule has 0 amide bonds. The number of hydrogen-bond donors (Lipinski definition) is 6. The van der Waals surface area contributed by atoms with Gasteiger partial charge in [0.15, 0.2) is 0 Å². The van der Waals surface area contributed by atoms with E-state index in [1.54, 1.807) is 12.5 Å². The third kappa shape index (κ3) is 200. The summed E-state index contributed by atoms with van der Waals surface area (Å²) in [5.74, 6) is 0. The zero-order valence-corrected chi connectivity index (χ0v) is 8.13. The van der Waals surface area contributed by atoms with Gasteiger partial charge in [0.2, 0.25) is 0 Å². The zero-order valence-electron chi connectivity index (χ0n) is 8.13. The van der Waals surface area contributed by atoms with Gasteiger partial charge in [-0.2, -0.15) is 0 Å². The maximum atomic E-state index is 8.56. The predicted molar refractivity (Wildman–Crippen MR) is 57.8 cm³/mol. The zero-order chi connectivity index (χ0) is 14.3. The molecule has 0 atom stereocenters. The average Bonchev–Trinajstić information content (AvgIpc) is 2.53. The van der Waals surface area contributed by atoms with E-state index in [0.717, 1.165) is 0 Å². The Kier molecular flexibility index (Phi) is 29.9. The Morgan fingerprint density at radius 3 is 0.889 bits per heavy atom. The molecule has 100 valence electrons. The summed E-state index contributed by atoms with van der Waals surface area (Å²) in [6, 6.07) is 3.67. The second-order valence-corrected chi connectivity index (χ2v) is 1.64. The summed E-state index contributed by atoms with van der Waals surface area (Å²) in [6.07, 6.45) is -2.25. The summed E-state index contributed by atoms with van der Waals surface area (Å²) in [7, 11) is 0. The van der Waals surface area contributed by atoms with Crippen LogP contribution in [0.1, 0.15) is 0 Å².